The standard InChI is InChI=1S/C12H11F4N3O/c1-2-19-9(10(17)18-11(19)20)6-3-7(12(14,15)16)5-8(13)4-6/h3-5,9H,2H2,1H3,(H2,17,18,20). The van der Waals surface area contributed by atoms with Crippen LogP contribution in [0.2, 0.25) is 0 Å². The fourth-order valence-corrected chi connectivity index (χ4v) is 2.11. The largest absolute Gasteiger partial charge is 0.416 e. The van der Waals surface area contributed by atoms with Gasteiger partial charge in [0.2, 0.25) is 0 Å². The monoisotopic (exact) mass is 289 g/mol. The summed E-state index contributed by atoms with van der Waals surface area (Å²) < 4.78 is 51.4. The van der Waals surface area contributed by atoms with Crippen molar-refractivity contribution in [3.8, 4) is 0 Å². The van der Waals surface area contributed by atoms with Gasteiger partial charge in [-0.05, 0) is 30.7 Å². The number of rotatable bonds is 2. The van der Waals surface area contributed by atoms with E-state index >= 15 is 0 Å². The fourth-order valence-electron chi connectivity index (χ4n) is 2.11. The molecule has 1 atom stereocenters. The van der Waals surface area contributed by atoms with Crippen molar-refractivity contribution in [2.45, 2.75) is 19.1 Å². The topological polar surface area (TPSA) is 58.7 Å². The number of nitrogens with zero attached hydrogens (tertiary/aromatic N) is 2. The summed E-state index contributed by atoms with van der Waals surface area (Å²) in [6.07, 6.45) is -4.68. The lowest BCUT2D eigenvalue weighted by Crippen LogP contribution is -2.33. The Hall–Kier alpha value is -2.12. The normalized spacial score (nSPS) is 19.4. The number of urea groups is 1. The molecular formula is C12H11F4N3O. The second-order valence-electron chi connectivity index (χ2n) is 4.28. The van der Waals surface area contributed by atoms with Crippen LogP contribution in [0.4, 0.5) is 22.4 Å². The number of halogens is 4. The number of hydrogen-bond donors (Lipinski definition) is 1. The molecule has 2 N–H and O–H groups in total. The van der Waals surface area contributed by atoms with Gasteiger partial charge in [-0.2, -0.15) is 18.2 Å². The summed E-state index contributed by atoms with van der Waals surface area (Å²) in [7, 11) is 0. The van der Waals surface area contributed by atoms with Gasteiger partial charge in [0.25, 0.3) is 0 Å². The average molecular weight is 289 g/mol. The van der Waals surface area contributed by atoms with E-state index in [1.165, 1.54) is 4.90 Å². The van der Waals surface area contributed by atoms with Gasteiger partial charge in [0, 0.05) is 6.54 Å². The molecule has 0 aliphatic carbocycles. The van der Waals surface area contributed by atoms with Gasteiger partial charge >= 0.3 is 12.2 Å². The quantitative estimate of drug-likeness (QED) is 0.851. The summed E-state index contributed by atoms with van der Waals surface area (Å²) in [5.41, 5.74) is 4.38. The van der Waals surface area contributed by atoms with Gasteiger partial charge in [0.15, 0.2) is 0 Å². The first-order chi connectivity index (χ1) is 9.24. The first-order valence-corrected chi connectivity index (χ1v) is 5.76. The highest BCUT2D eigenvalue weighted by Crippen LogP contribution is 2.34. The maximum absolute atomic E-state index is 13.4. The molecule has 108 valence electrons. The van der Waals surface area contributed by atoms with Crippen LogP contribution in [0.5, 0.6) is 0 Å². The van der Waals surface area contributed by atoms with E-state index in [0.717, 1.165) is 12.1 Å². The second kappa shape index (κ2) is 4.77. The van der Waals surface area contributed by atoms with Gasteiger partial charge in [-0.25, -0.2) is 9.18 Å². The van der Waals surface area contributed by atoms with E-state index < -0.39 is 29.6 Å². The zero-order valence-electron chi connectivity index (χ0n) is 10.4. The number of hydrogen-bond acceptors (Lipinski definition) is 2. The molecular weight excluding hydrogens is 278 g/mol. The zero-order valence-corrected chi connectivity index (χ0v) is 10.4. The number of amidine groups is 1. The van der Waals surface area contributed by atoms with E-state index in [1.807, 2.05) is 0 Å². The van der Waals surface area contributed by atoms with Crippen molar-refractivity contribution < 1.29 is 22.4 Å². The van der Waals surface area contributed by atoms with E-state index in [9.17, 15) is 22.4 Å². The van der Waals surface area contributed by atoms with Crippen molar-refractivity contribution in [3.63, 3.8) is 0 Å². The molecule has 2 rings (SSSR count). The molecule has 8 heteroatoms. The van der Waals surface area contributed by atoms with Crippen LogP contribution in [0.3, 0.4) is 0 Å². The van der Waals surface area contributed by atoms with E-state index in [-0.39, 0.29) is 17.9 Å². The second-order valence-corrected chi connectivity index (χ2v) is 4.28. The summed E-state index contributed by atoms with van der Waals surface area (Å²) in [6.45, 7) is 1.83. The Balaban J connectivity index is 2.50. The number of nitrogens with two attached hydrogens (primary N) is 1. The summed E-state index contributed by atoms with van der Waals surface area (Å²) in [5.74, 6) is -1.19. The van der Waals surface area contributed by atoms with Gasteiger partial charge < -0.3 is 10.6 Å². The number of carbonyl (C=O) groups is 1. The number of carbonyl (C=O) groups excluding carboxylic acids is 1. The van der Waals surface area contributed by atoms with Gasteiger partial charge in [-0.3, -0.25) is 0 Å². The Labute approximate surface area is 111 Å². The third-order valence-corrected chi connectivity index (χ3v) is 2.97. The molecule has 2 amide bonds. The van der Waals surface area contributed by atoms with Crippen molar-refractivity contribution in [1.29, 1.82) is 0 Å². The number of alkyl halides is 3. The number of amides is 2. The molecule has 1 aliphatic heterocycles. The molecule has 1 aromatic rings. The van der Waals surface area contributed by atoms with Crippen LogP contribution in [-0.4, -0.2) is 23.3 Å². The maximum Gasteiger partial charge on any atom is 0.416 e. The third-order valence-electron chi connectivity index (χ3n) is 2.97. The lowest BCUT2D eigenvalue weighted by atomic mass is 10.0. The Kier molecular flexibility index (Phi) is 3.41. The van der Waals surface area contributed by atoms with Gasteiger partial charge in [-0.15, -0.1) is 0 Å². The molecule has 1 aromatic carbocycles. The van der Waals surface area contributed by atoms with Crippen LogP contribution >= 0.6 is 0 Å². The summed E-state index contributed by atoms with van der Waals surface area (Å²) >= 11 is 0. The van der Waals surface area contributed by atoms with Crippen LogP contribution < -0.4 is 5.73 Å². The van der Waals surface area contributed by atoms with Crippen molar-refractivity contribution >= 4 is 11.9 Å². The lowest BCUT2D eigenvalue weighted by Gasteiger charge is -2.23. The highest BCUT2D eigenvalue weighted by atomic mass is 19.4. The van der Waals surface area contributed by atoms with Crippen molar-refractivity contribution in [3.05, 3.63) is 35.1 Å². The molecule has 0 aromatic heterocycles. The summed E-state index contributed by atoms with van der Waals surface area (Å²) in [4.78, 5) is 16.2. The molecule has 4 nitrogen and oxygen atoms in total. The Bertz CT molecular complexity index is 583. The molecule has 0 saturated heterocycles. The predicted molar refractivity (Wildman–Crippen MR) is 63.5 cm³/mol. The highest BCUT2D eigenvalue weighted by molar-refractivity contribution is 6.03. The zero-order chi connectivity index (χ0) is 15.1. The van der Waals surface area contributed by atoms with Crippen LogP contribution in [0, 0.1) is 5.82 Å². The van der Waals surface area contributed by atoms with Crippen LogP contribution in [0.25, 0.3) is 0 Å². The lowest BCUT2D eigenvalue weighted by molar-refractivity contribution is -0.137. The maximum atomic E-state index is 13.4. The minimum Gasteiger partial charge on any atom is -0.385 e. The summed E-state index contributed by atoms with van der Waals surface area (Å²) in [6, 6.07) is 0.474. The molecule has 0 radical (unpaired) electrons. The summed E-state index contributed by atoms with van der Waals surface area (Å²) in [5, 5.41) is 0. The van der Waals surface area contributed by atoms with Gasteiger partial charge in [0.1, 0.15) is 17.7 Å². The average Bonchev–Trinajstić information content (AvgIpc) is 2.61. The Morgan fingerprint density at radius 3 is 2.55 bits per heavy atom. The van der Waals surface area contributed by atoms with E-state index in [0.29, 0.717) is 6.07 Å². The Morgan fingerprint density at radius 2 is 2.00 bits per heavy atom. The molecule has 0 spiro atoms. The SMILES string of the molecule is CCN1C(=O)N=C(N)C1c1cc(F)cc(C(F)(F)F)c1. The van der Waals surface area contributed by atoms with Crippen LogP contribution in [0.15, 0.2) is 23.2 Å². The first-order valence-electron chi connectivity index (χ1n) is 5.76. The molecule has 0 saturated carbocycles. The smallest absolute Gasteiger partial charge is 0.385 e. The minimum absolute atomic E-state index is 0.0497. The Morgan fingerprint density at radius 1 is 1.35 bits per heavy atom. The third kappa shape index (κ3) is 2.45. The number of benzene rings is 1. The highest BCUT2D eigenvalue weighted by Gasteiger charge is 2.36. The van der Waals surface area contributed by atoms with Crippen LogP contribution in [0.1, 0.15) is 24.1 Å². The molecule has 1 unspecified atom stereocenters. The van der Waals surface area contributed by atoms with Gasteiger partial charge in [-0.1, -0.05) is 0 Å². The molecule has 1 aliphatic rings. The first kappa shape index (κ1) is 14.3. The van der Waals surface area contributed by atoms with Crippen molar-refractivity contribution in [2.75, 3.05) is 6.54 Å². The number of likely N-dealkylation sites (N-methyl/N-ethyl adjacent to an activating group) is 1. The molecule has 0 fully saturated rings. The molecule has 20 heavy (non-hydrogen) atoms. The van der Waals surface area contributed by atoms with Crippen molar-refractivity contribution in [2.24, 2.45) is 10.7 Å². The number of aliphatic imine (C=N–C) groups is 1. The van der Waals surface area contributed by atoms with E-state index in [1.54, 1.807) is 6.92 Å². The van der Waals surface area contributed by atoms with E-state index in [4.69, 9.17) is 5.73 Å². The molecule has 0 bridgehead atoms. The fraction of sp³-hybridized carbons (Fsp3) is 0.333. The van der Waals surface area contributed by atoms with E-state index in [2.05, 4.69) is 4.99 Å². The minimum atomic E-state index is -4.68. The van der Waals surface area contributed by atoms with Crippen molar-refractivity contribution in [1.82, 2.24) is 4.90 Å². The molecule has 1 heterocycles. The van der Waals surface area contributed by atoms with Crippen LogP contribution in [-0.2, 0) is 6.18 Å². The predicted octanol–water partition coefficient (Wildman–Crippen LogP) is 2.70. The van der Waals surface area contributed by atoms with Gasteiger partial charge in [0.05, 0.1) is 5.56 Å².